The normalized spacial score (nSPS) is 10.5. The van der Waals surface area contributed by atoms with Crippen molar-refractivity contribution in [1.29, 1.82) is 0 Å². The van der Waals surface area contributed by atoms with Gasteiger partial charge in [0.1, 0.15) is 12.4 Å². The van der Waals surface area contributed by atoms with Crippen LogP contribution in [0.5, 0.6) is 11.5 Å². The van der Waals surface area contributed by atoms with Crippen molar-refractivity contribution in [1.82, 2.24) is 0 Å². The Bertz CT molecular complexity index is 896. The van der Waals surface area contributed by atoms with Gasteiger partial charge in [0.15, 0.2) is 11.5 Å². The van der Waals surface area contributed by atoms with Crippen LogP contribution in [0.1, 0.15) is 11.1 Å². The number of hydrogen-bond donors (Lipinski definition) is 1. The van der Waals surface area contributed by atoms with Crippen LogP contribution in [-0.4, -0.2) is 7.11 Å². The molecule has 3 aromatic rings. The number of rotatable bonds is 7. The molecule has 3 nitrogen and oxygen atoms in total. The molecule has 0 bridgehead atoms. The van der Waals surface area contributed by atoms with Crippen molar-refractivity contribution in [2.75, 3.05) is 12.4 Å². The van der Waals surface area contributed by atoms with Gasteiger partial charge in [-0.2, -0.15) is 0 Å². The van der Waals surface area contributed by atoms with Crippen molar-refractivity contribution in [2.24, 2.45) is 0 Å². The van der Waals surface area contributed by atoms with Crippen molar-refractivity contribution in [3.8, 4) is 11.5 Å². The van der Waals surface area contributed by atoms with Gasteiger partial charge in [0.05, 0.1) is 7.11 Å². The summed E-state index contributed by atoms with van der Waals surface area (Å²) in [6, 6.07) is 17.1. The van der Waals surface area contributed by atoms with Crippen molar-refractivity contribution >= 4 is 28.9 Å². The monoisotopic (exact) mass is 405 g/mol. The molecule has 0 atom stereocenters. The lowest BCUT2D eigenvalue weighted by molar-refractivity contribution is 0.282. The number of anilines is 1. The van der Waals surface area contributed by atoms with Crippen LogP contribution in [0.25, 0.3) is 0 Å². The Hall–Kier alpha value is -2.43. The van der Waals surface area contributed by atoms with E-state index >= 15 is 0 Å². The minimum atomic E-state index is -0.275. The maximum absolute atomic E-state index is 13.1. The zero-order valence-corrected chi connectivity index (χ0v) is 16.1. The number of hydrogen-bond acceptors (Lipinski definition) is 3. The van der Waals surface area contributed by atoms with Crippen LogP contribution in [0.15, 0.2) is 60.7 Å². The lowest BCUT2D eigenvalue weighted by Crippen LogP contribution is -2.06. The Morgan fingerprint density at radius 3 is 2.26 bits per heavy atom. The molecule has 0 unspecified atom stereocenters. The van der Waals surface area contributed by atoms with E-state index < -0.39 is 0 Å². The molecule has 0 radical (unpaired) electrons. The van der Waals surface area contributed by atoms with Crippen LogP contribution in [0.2, 0.25) is 10.0 Å². The lowest BCUT2D eigenvalue weighted by Gasteiger charge is -2.17. The highest BCUT2D eigenvalue weighted by Gasteiger charge is 2.13. The fourth-order valence-electron chi connectivity index (χ4n) is 2.60. The third-order valence-electron chi connectivity index (χ3n) is 4.03. The third-order valence-corrected chi connectivity index (χ3v) is 4.74. The summed E-state index contributed by atoms with van der Waals surface area (Å²) in [7, 11) is 1.59. The molecule has 0 fully saturated rings. The Kier molecular flexibility index (Phi) is 6.43. The maximum Gasteiger partial charge on any atom is 0.166 e. The molecule has 0 heterocycles. The van der Waals surface area contributed by atoms with Gasteiger partial charge in [-0.1, -0.05) is 41.4 Å². The fourth-order valence-corrected chi connectivity index (χ4v) is 3.11. The zero-order valence-electron chi connectivity index (χ0n) is 14.6. The molecule has 0 aliphatic carbocycles. The standard InChI is InChI=1S/C21H18Cl2FNO2/c1-26-20-7-2-4-14(12-25-16-10-8-15(24)9-11-16)21(20)27-13-17-18(22)5-3-6-19(17)23/h2-11,25H,12-13H2,1H3. The highest BCUT2D eigenvalue weighted by atomic mass is 35.5. The first-order chi connectivity index (χ1) is 13.1. The van der Waals surface area contributed by atoms with E-state index in [-0.39, 0.29) is 12.4 Å². The first-order valence-electron chi connectivity index (χ1n) is 8.29. The van der Waals surface area contributed by atoms with Crippen molar-refractivity contribution in [2.45, 2.75) is 13.2 Å². The molecule has 1 N–H and O–H groups in total. The summed E-state index contributed by atoms with van der Waals surface area (Å²) in [5.41, 5.74) is 2.41. The highest BCUT2D eigenvalue weighted by Crippen LogP contribution is 2.34. The second kappa shape index (κ2) is 8.98. The summed E-state index contributed by atoms with van der Waals surface area (Å²) in [5.74, 6) is 0.935. The molecule has 27 heavy (non-hydrogen) atoms. The molecule has 140 valence electrons. The molecule has 0 aliphatic rings. The first kappa shape index (κ1) is 19.3. The lowest BCUT2D eigenvalue weighted by atomic mass is 10.1. The Balaban J connectivity index is 1.79. The summed E-state index contributed by atoms with van der Waals surface area (Å²) in [5, 5.41) is 4.34. The number of methoxy groups -OCH3 is 1. The molecule has 3 aromatic carbocycles. The van der Waals surface area contributed by atoms with Gasteiger partial charge >= 0.3 is 0 Å². The number of para-hydroxylation sites is 1. The Labute approximate surface area is 167 Å². The van der Waals surface area contributed by atoms with E-state index in [2.05, 4.69) is 5.32 Å². The number of nitrogens with one attached hydrogen (secondary N) is 1. The molecule has 3 rings (SSSR count). The van der Waals surface area contributed by atoms with Crippen LogP contribution < -0.4 is 14.8 Å². The fraction of sp³-hybridized carbons (Fsp3) is 0.143. The molecule has 0 aliphatic heterocycles. The quantitative estimate of drug-likeness (QED) is 0.497. The van der Waals surface area contributed by atoms with Crippen LogP contribution in [-0.2, 0) is 13.2 Å². The molecule has 0 aromatic heterocycles. The van der Waals surface area contributed by atoms with Crippen molar-refractivity contribution in [3.05, 3.63) is 87.7 Å². The van der Waals surface area contributed by atoms with Gasteiger partial charge in [-0.15, -0.1) is 0 Å². The van der Waals surface area contributed by atoms with Crippen molar-refractivity contribution < 1.29 is 13.9 Å². The van der Waals surface area contributed by atoms with Gasteiger partial charge in [0.2, 0.25) is 0 Å². The van der Waals surface area contributed by atoms with Gasteiger partial charge in [0, 0.05) is 33.4 Å². The maximum atomic E-state index is 13.1. The van der Waals surface area contributed by atoms with E-state index in [1.807, 2.05) is 18.2 Å². The minimum absolute atomic E-state index is 0.211. The predicted molar refractivity (Wildman–Crippen MR) is 108 cm³/mol. The second-order valence-corrected chi connectivity index (χ2v) is 6.61. The largest absolute Gasteiger partial charge is 0.493 e. The van der Waals surface area contributed by atoms with Gasteiger partial charge < -0.3 is 14.8 Å². The molecule has 0 amide bonds. The summed E-state index contributed by atoms with van der Waals surface area (Å²) in [6.07, 6.45) is 0. The molecule has 0 spiro atoms. The summed E-state index contributed by atoms with van der Waals surface area (Å²) in [4.78, 5) is 0. The van der Waals surface area contributed by atoms with Gasteiger partial charge in [0.25, 0.3) is 0 Å². The van der Waals surface area contributed by atoms with Crippen LogP contribution in [0, 0.1) is 5.82 Å². The predicted octanol–water partition coefficient (Wildman–Crippen LogP) is 6.33. The summed E-state index contributed by atoms with van der Waals surface area (Å²) < 4.78 is 24.5. The van der Waals surface area contributed by atoms with Crippen molar-refractivity contribution in [3.63, 3.8) is 0 Å². The molecular formula is C21H18Cl2FNO2. The van der Waals surface area contributed by atoms with E-state index in [4.69, 9.17) is 32.7 Å². The van der Waals surface area contributed by atoms with Gasteiger partial charge in [-0.25, -0.2) is 4.39 Å². The van der Waals surface area contributed by atoms with Gasteiger partial charge in [-0.05, 0) is 42.5 Å². The van der Waals surface area contributed by atoms with E-state index in [0.29, 0.717) is 33.7 Å². The van der Waals surface area contributed by atoms with Crippen LogP contribution in [0.3, 0.4) is 0 Å². The Morgan fingerprint density at radius 2 is 1.59 bits per heavy atom. The SMILES string of the molecule is COc1cccc(CNc2ccc(F)cc2)c1OCc1c(Cl)cccc1Cl. The number of benzene rings is 3. The minimum Gasteiger partial charge on any atom is -0.493 e. The molecule has 6 heteroatoms. The second-order valence-electron chi connectivity index (χ2n) is 5.80. The molecular weight excluding hydrogens is 388 g/mol. The van der Waals surface area contributed by atoms with E-state index in [9.17, 15) is 4.39 Å². The van der Waals surface area contributed by atoms with Gasteiger partial charge in [-0.3, -0.25) is 0 Å². The van der Waals surface area contributed by atoms with Crippen LogP contribution >= 0.6 is 23.2 Å². The smallest absolute Gasteiger partial charge is 0.166 e. The topological polar surface area (TPSA) is 30.5 Å². The summed E-state index contributed by atoms with van der Waals surface area (Å²) >= 11 is 12.4. The zero-order chi connectivity index (χ0) is 19.2. The first-order valence-corrected chi connectivity index (χ1v) is 9.05. The average Bonchev–Trinajstić information content (AvgIpc) is 2.67. The van der Waals surface area contributed by atoms with Crippen LogP contribution in [0.4, 0.5) is 10.1 Å². The number of ether oxygens (including phenoxy) is 2. The van der Waals surface area contributed by atoms with E-state index in [0.717, 1.165) is 11.3 Å². The number of halogens is 3. The Morgan fingerprint density at radius 1 is 0.926 bits per heavy atom. The average molecular weight is 406 g/mol. The van der Waals surface area contributed by atoms with E-state index in [1.165, 1.54) is 12.1 Å². The van der Waals surface area contributed by atoms with E-state index in [1.54, 1.807) is 37.4 Å². The molecule has 0 saturated heterocycles. The third kappa shape index (κ3) is 4.85. The molecule has 0 saturated carbocycles. The highest BCUT2D eigenvalue weighted by molar-refractivity contribution is 6.35. The summed E-state index contributed by atoms with van der Waals surface area (Å²) in [6.45, 7) is 0.691.